The molecule has 3 aromatic rings. The summed E-state index contributed by atoms with van der Waals surface area (Å²) in [5, 5.41) is 10.3. The van der Waals surface area contributed by atoms with Gasteiger partial charge in [0.15, 0.2) is 0 Å². The van der Waals surface area contributed by atoms with Crippen molar-refractivity contribution in [2.75, 3.05) is 0 Å². The summed E-state index contributed by atoms with van der Waals surface area (Å²) in [7, 11) is 0. The Kier molecular flexibility index (Phi) is 7.33. The first-order valence-electron chi connectivity index (χ1n) is 12.6. The van der Waals surface area contributed by atoms with Crippen molar-refractivity contribution in [3.05, 3.63) is 95.1 Å². The summed E-state index contributed by atoms with van der Waals surface area (Å²) in [5.41, 5.74) is 6.77. The van der Waals surface area contributed by atoms with E-state index in [-0.39, 0.29) is 0 Å². The second-order valence-corrected chi connectivity index (χ2v) is 9.64. The van der Waals surface area contributed by atoms with Crippen LogP contribution in [0.2, 0.25) is 0 Å². The van der Waals surface area contributed by atoms with Crippen LogP contribution in [0.15, 0.2) is 72.8 Å². The third kappa shape index (κ3) is 4.90. The van der Waals surface area contributed by atoms with Gasteiger partial charge in [0.05, 0.1) is 5.41 Å². The fraction of sp³-hybridized carbons (Fsp3) is 0.387. The van der Waals surface area contributed by atoms with Crippen molar-refractivity contribution in [2.45, 2.75) is 76.5 Å². The molecule has 0 aromatic heterocycles. The second kappa shape index (κ2) is 10.4. The fourth-order valence-corrected chi connectivity index (χ4v) is 5.58. The van der Waals surface area contributed by atoms with Crippen LogP contribution in [0.3, 0.4) is 0 Å². The molecule has 0 spiro atoms. The summed E-state index contributed by atoms with van der Waals surface area (Å²) >= 11 is 0. The predicted octanol–water partition coefficient (Wildman–Crippen LogP) is 7.94. The highest BCUT2D eigenvalue weighted by atomic mass is 16.4. The normalized spacial score (nSPS) is 20.5. The van der Waals surface area contributed by atoms with Crippen molar-refractivity contribution in [2.24, 2.45) is 0 Å². The van der Waals surface area contributed by atoms with E-state index in [0.29, 0.717) is 18.8 Å². The molecule has 2 nitrogen and oxygen atoms in total. The van der Waals surface area contributed by atoms with Gasteiger partial charge in [0.1, 0.15) is 0 Å². The molecule has 4 rings (SSSR count). The Balaban J connectivity index is 1.56. The molecule has 3 aromatic carbocycles. The van der Waals surface area contributed by atoms with E-state index >= 15 is 0 Å². The van der Waals surface area contributed by atoms with Gasteiger partial charge in [-0.1, -0.05) is 99.5 Å². The molecule has 33 heavy (non-hydrogen) atoms. The first-order valence-corrected chi connectivity index (χ1v) is 12.6. The molecule has 0 heterocycles. The van der Waals surface area contributed by atoms with Crippen molar-refractivity contribution in [3.8, 4) is 11.1 Å². The molecule has 0 amide bonds. The van der Waals surface area contributed by atoms with Crippen LogP contribution < -0.4 is 0 Å². The molecular weight excluding hydrogens is 404 g/mol. The quantitative estimate of drug-likeness (QED) is 0.386. The summed E-state index contributed by atoms with van der Waals surface area (Å²) in [6.45, 7) is 4.38. The lowest BCUT2D eigenvalue weighted by atomic mass is 9.65. The Morgan fingerprint density at radius 2 is 1.36 bits per heavy atom. The monoisotopic (exact) mass is 440 g/mol. The number of carboxylic acid groups (broad SMARTS) is 1. The number of benzene rings is 3. The highest BCUT2D eigenvalue weighted by Gasteiger charge is 2.43. The Bertz CT molecular complexity index is 1050. The maximum atomic E-state index is 12.5. The van der Waals surface area contributed by atoms with Gasteiger partial charge in [0, 0.05) is 0 Å². The molecule has 0 radical (unpaired) electrons. The van der Waals surface area contributed by atoms with Gasteiger partial charge in [-0.15, -0.1) is 0 Å². The molecule has 172 valence electrons. The van der Waals surface area contributed by atoms with Crippen LogP contribution in [-0.2, 0) is 23.1 Å². The van der Waals surface area contributed by atoms with E-state index in [1.165, 1.54) is 27.8 Å². The van der Waals surface area contributed by atoms with Gasteiger partial charge in [-0.25, -0.2) is 0 Å². The number of rotatable bonds is 8. The second-order valence-electron chi connectivity index (χ2n) is 9.64. The maximum Gasteiger partial charge on any atom is 0.314 e. The average molecular weight is 441 g/mol. The molecule has 0 aliphatic heterocycles. The standard InChI is InChI=1S/C31H36O2/c1-3-7-23-11-15-25(16-12-23)28-9-5-6-10-29(28)26-19-21-31(22-20-26,30(32)33)27-17-13-24(8-4-2)14-18-27/h5-6,9-18,26H,3-4,7-8,19-22H2,1-2H3,(H,32,33)/t26-,31+. The molecule has 0 saturated heterocycles. The smallest absolute Gasteiger partial charge is 0.314 e. The van der Waals surface area contributed by atoms with Gasteiger partial charge in [-0.3, -0.25) is 4.79 Å². The lowest BCUT2D eigenvalue weighted by Gasteiger charge is -2.38. The van der Waals surface area contributed by atoms with Gasteiger partial charge < -0.3 is 5.11 Å². The predicted molar refractivity (Wildman–Crippen MR) is 137 cm³/mol. The Hall–Kier alpha value is -2.87. The lowest BCUT2D eigenvalue weighted by molar-refractivity contribution is -0.145. The molecule has 0 unspecified atom stereocenters. The zero-order valence-electron chi connectivity index (χ0n) is 20.0. The fourth-order valence-electron chi connectivity index (χ4n) is 5.58. The molecule has 1 saturated carbocycles. The molecular formula is C31H36O2. The largest absolute Gasteiger partial charge is 0.481 e. The first-order chi connectivity index (χ1) is 16.1. The minimum absolute atomic E-state index is 0.392. The van der Waals surface area contributed by atoms with Crippen molar-refractivity contribution in [3.63, 3.8) is 0 Å². The van der Waals surface area contributed by atoms with E-state index in [2.05, 4.69) is 86.6 Å². The number of carbonyl (C=O) groups is 1. The topological polar surface area (TPSA) is 37.3 Å². The summed E-state index contributed by atoms with van der Waals surface area (Å²) in [6, 6.07) is 26.0. The van der Waals surface area contributed by atoms with E-state index < -0.39 is 11.4 Å². The van der Waals surface area contributed by atoms with Crippen molar-refractivity contribution in [1.29, 1.82) is 0 Å². The maximum absolute atomic E-state index is 12.5. The van der Waals surface area contributed by atoms with Crippen LogP contribution in [0.4, 0.5) is 0 Å². The molecule has 2 heteroatoms. The Morgan fingerprint density at radius 1 is 0.818 bits per heavy atom. The van der Waals surface area contributed by atoms with Crippen molar-refractivity contribution >= 4 is 5.97 Å². The summed E-state index contributed by atoms with van der Waals surface area (Å²) in [5.74, 6) is -0.285. The van der Waals surface area contributed by atoms with E-state index in [4.69, 9.17) is 0 Å². The first kappa shape index (κ1) is 23.3. The summed E-state index contributed by atoms with van der Waals surface area (Å²) in [4.78, 5) is 12.5. The Labute approximate surface area is 198 Å². The van der Waals surface area contributed by atoms with E-state index in [0.717, 1.165) is 44.1 Å². The van der Waals surface area contributed by atoms with Gasteiger partial charge in [0.25, 0.3) is 0 Å². The number of hydrogen-bond acceptors (Lipinski definition) is 1. The summed E-state index contributed by atoms with van der Waals surface area (Å²) < 4.78 is 0. The highest BCUT2D eigenvalue weighted by Crippen LogP contribution is 2.47. The molecule has 1 fully saturated rings. The van der Waals surface area contributed by atoms with Crippen LogP contribution in [0.25, 0.3) is 11.1 Å². The molecule has 1 aliphatic carbocycles. The number of carboxylic acids is 1. The van der Waals surface area contributed by atoms with Gasteiger partial charge in [0.2, 0.25) is 0 Å². The van der Waals surface area contributed by atoms with Gasteiger partial charge in [-0.2, -0.15) is 0 Å². The molecule has 1 aliphatic rings. The van der Waals surface area contributed by atoms with Crippen molar-refractivity contribution in [1.82, 2.24) is 0 Å². The molecule has 1 N–H and O–H groups in total. The molecule has 0 bridgehead atoms. The number of aryl methyl sites for hydroxylation is 2. The van der Waals surface area contributed by atoms with E-state index in [9.17, 15) is 9.90 Å². The van der Waals surface area contributed by atoms with Crippen LogP contribution in [0.1, 0.15) is 80.5 Å². The number of hydrogen-bond donors (Lipinski definition) is 1. The zero-order chi connectivity index (χ0) is 23.3. The van der Waals surface area contributed by atoms with Crippen molar-refractivity contribution < 1.29 is 9.90 Å². The lowest BCUT2D eigenvalue weighted by Crippen LogP contribution is -2.39. The van der Waals surface area contributed by atoms with Crippen LogP contribution in [0, 0.1) is 0 Å². The van der Waals surface area contributed by atoms with E-state index in [1.54, 1.807) is 0 Å². The third-order valence-electron chi connectivity index (χ3n) is 7.50. The molecule has 0 atom stereocenters. The minimum Gasteiger partial charge on any atom is -0.481 e. The number of aliphatic carboxylic acids is 1. The Morgan fingerprint density at radius 3 is 1.91 bits per heavy atom. The zero-order valence-corrected chi connectivity index (χ0v) is 20.0. The van der Waals surface area contributed by atoms with Crippen LogP contribution in [0.5, 0.6) is 0 Å². The minimum atomic E-state index is -0.766. The summed E-state index contributed by atoms with van der Waals surface area (Å²) in [6.07, 6.45) is 7.58. The van der Waals surface area contributed by atoms with E-state index in [1.807, 2.05) is 0 Å². The van der Waals surface area contributed by atoms with Crippen LogP contribution in [-0.4, -0.2) is 11.1 Å². The average Bonchev–Trinajstić information content (AvgIpc) is 2.85. The highest BCUT2D eigenvalue weighted by molar-refractivity contribution is 5.81. The third-order valence-corrected chi connectivity index (χ3v) is 7.50. The van der Waals surface area contributed by atoms with Crippen LogP contribution >= 0.6 is 0 Å². The van der Waals surface area contributed by atoms with Gasteiger partial charge in [-0.05, 0) is 77.8 Å². The SMILES string of the molecule is CCCc1ccc(-c2ccccc2[C@H]2CC[C@](C(=O)O)(c3ccc(CCC)cc3)CC2)cc1. The van der Waals surface area contributed by atoms with Gasteiger partial charge >= 0.3 is 5.97 Å².